The number of nitrogens with one attached hydrogen (secondary N) is 2. The van der Waals surface area contributed by atoms with Crippen LogP contribution >= 0.6 is 0 Å². The summed E-state index contributed by atoms with van der Waals surface area (Å²) < 4.78 is 39.4. The maximum absolute atomic E-state index is 13.2. The Morgan fingerprint density at radius 1 is 1.15 bits per heavy atom. The molecule has 2 aromatic heterocycles. The Hall–Kier alpha value is -3.20. The van der Waals surface area contributed by atoms with Gasteiger partial charge in [0.2, 0.25) is 5.91 Å². The zero-order valence-electron chi connectivity index (χ0n) is 14.0. The van der Waals surface area contributed by atoms with Gasteiger partial charge in [0.15, 0.2) is 23.3 Å². The Morgan fingerprint density at radius 2 is 1.81 bits per heavy atom. The third kappa shape index (κ3) is 4.14. The minimum Gasteiger partial charge on any atom is -0.391 e. The molecular weight excluding hydrogens is 361 g/mol. The molecule has 0 saturated heterocycles. The monoisotopic (exact) mass is 376 g/mol. The van der Waals surface area contributed by atoms with Crippen LogP contribution in [0.2, 0.25) is 0 Å². The van der Waals surface area contributed by atoms with E-state index in [4.69, 9.17) is 0 Å². The molecule has 0 atom stereocenters. The van der Waals surface area contributed by atoms with Crippen LogP contribution in [0.4, 0.5) is 19.0 Å². The highest BCUT2D eigenvalue weighted by Crippen LogP contribution is 2.26. The van der Waals surface area contributed by atoms with Gasteiger partial charge in [-0.3, -0.25) is 14.9 Å². The van der Waals surface area contributed by atoms with Gasteiger partial charge in [0.1, 0.15) is 0 Å². The maximum Gasteiger partial charge on any atom is 0.225 e. The number of hydrogen-bond acceptors (Lipinski definition) is 4. The highest BCUT2D eigenvalue weighted by atomic mass is 19.2. The minimum absolute atomic E-state index is 0.00997. The van der Waals surface area contributed by atoms with Gasteiger partial charge in [-0.1, -0.05) is 0 Å². The average molecular weight is 376 g/mol. The molecule has 9 heteroatoms. The molecule has 140 valence electrons. The number of carbonyl (C=O) groups excluding carboxylic acids is 1. The SMILES string of the molecule is O=C(CCc1cc(F)c(F)c(F)c1)Nc1n[nH]c(-c2ccncc2)c1CO. The number of amides is 1. The number of anilines is 1. The van der Waals surface area contributed by atoms with E-state index in [9.17, 15) is 23.1 Å². The summed E-state index contributed by atoms with van der Waals surface area (Å²) in [5, 5.41) is 18.9. The van der Waals surface area contributed by atoms with Gasteiger partial charge in [-0.25, -0.2) is 13.2 Å². The molecule has 0 bridgehead atoms. The molecule has 0 fully saturated rings. The molecule has 2 heterocycles. The predicted octanol–water partition coefficient (Wildman–Crippen LogP) is 2.95. The lowest BCUT2D eigenvalue weighted by molar-refractivity contribution is -0.116. The highest BCUT2D eigenvalue weighted by Gasteiger charge is 2.17. The molecule has 0 aliphatic carbocycles. The summed E-state index contributed by atoms with van der Waals surface area (Å²) >= 11 is 0. The molecule has 1 amide bonds. The van der Waals surface area contributed by atoms with Crippen molar-refractivity contribution in [3.63, 3.8) is 0 Å². The Morgan fingerprint density at radius 3 is 2.44 bits per heavy atom. The number of aromatic amines is 1. The summed E-state index contributed by atoms with van der Waals surface area (Å²) in [4.78, 5) is 16.0. The fourth-order valence-electron chi connectivity index (χ4n) is 2.58. The van der Waals surface area contributed by atoms with Crippen molar-refractivity contribution in [3.8, 4) is 11.3 Å². The fourth-order valence-corrected chi connectivity index (χ4v) is 2.58. The molecule has 3 rings (SSSR count). The first-order valence-electron chi connectivity index (χ1n) is 8.01. The van der Waals surface area contributed by atoms with Crippen molar-refractivity contribution in [3.05, 3.63) is 65.2 Å². The number of rotatable bonds is 6. The smallest absolute Gasteiger partial charge is 0.225 e. The summed E-state index contributed by atoms with van der Waals surface area (Å²) in [6.45, 7) is -0.363. The van der Waals surface area contributed by atoms with Crippen molar-refractivity contribution in [2.75, 3.05) is 5.32 Å². The lowest BCUT2D eigenvalue weighted by Gasteiger charge is -2.06. The number of aliphatic hydroxyl groups is 1. The number of nitrogens with zero attached hydrogens (tertiary/aromatic N) is 2. The third-order valence-corrected chi connectivity index (χ3v) is 3.94. The topological polar surface area (TPSA) is 90.9 Å². The summed E-state index contributed by atoms with van der Waals surface area (Å²) in [7, 11) is 0. The van der Waals surface area contributed by atoms with E-state index in [1.807, 2.05) is 0 Å². The van der Waals surface area contributed by atoms with Crippen molar-refractivity contribution in [1.29, 1.82) is 0 Å². The van der Waals surface area contributed by atoms with Crippen LogP contribution in [0.3, 0.4) is 0 Å². The average Bonchev–Trinajstić information content (AvgIpc) is 3.07. The van der Waals surface area contributed by atoms with Crippen molar-refractivity contribution in [2.45, 2.75) is 19.4 Å². The Kier molecular flexibility index (Phi) is 5.51. The molecule has 0 radical (unpaired) electrons. The van der Waals surface area contributed by atoms with Gasteiger partial charge < -0.3 is 10.4 Å². The molecule has 3 N–H and O–H groups in total. The maximum atomic E-state index is 13.2. The summed E-state index contributed by atoms with van der Waals surface area (Å²) in [6, 6.07) is 5.13. The van der Waals surface area contributed by atoms with Crippen LogP contribution in [0.1, 0.15) is 17.5 Å². The van der Waals surface area contributed by atoms with E-state index >= 15 is 0 Å². The van der Waals surface area contributed by atoms with Gasteiger partial charge in [0.05, 0.1) is 12.3 Å². The van der Waals surface area contributed by atoms with Gasteiger partial charge in [-0.15, -0.1) is 0 Å². The lowest BCUT2D eigenvalue weighted by Crippen LogP contribution is -2.14. The molecule has 0 unspecified atom stereocenters. The number of pyridine rings is 1. The fraction of sp³-hybridized carbons (Fsp3) is 0.167. The van der Waals surface area contributed by atoms with Crippen molar-refractivity contribution >= 4 is 11.7 Å². The number of halogens is 3. The molecule has 0 aliphatic heterocycles. The van der Waals surface area contributed by atoms with Gasteiger partial charge in [0.25, 0.3) is 0 Å². The third-order valence-electron chi connectivity index (χ3n) is 3.94. The van der Waals surface area contributed by atoms with E-state index in [2.05, 4.69) is 20.5 Å². The first-order valence-corrected chi connectivity index (χ1v) is 8.01. The number of carbonyl (C=O) groups is 1. The van der Waals surface area contributed by atoms with Crippen molar-refractivity contribution in [1.82, 2.24) is 15.2 Å². The molecule has 0 aliphatic rings. The second-order valence-electron chi connectivity index (χ2n) is 5.74. The van der Waals surface area contributed by atoms with Crippen LogP contribution in [0, 0.1) is 17.5 Å². The van der Waals surface area contributed by atoms with Crippen LogP contribution < -0.4 is 5.32 Å². The number of aryl methyl sites for hydroxylation is 1. The molecule has 0 saturated carbocycles. The van der Waals surface area contributed by atoms with Gasteiger partial charge >= 0.3 is 0 Å². The van der Waals surface area contributed by atoms with Gasteiger partial charge in [0, 0.05) is 29.9 Å². The van der Waals surface area contributed by atoms with E-state index in [0.717, 1.165) is 17.7 Å². The molecule has 0 spiro atoms. The first kappa shape index (κ1) is 18.6. The highest BCUT2D eigenvalue weighted by molar-refractivity contribution is 5.91. The first-order chi connectivity index (χ1) is 13.0. The van der Waals surface area contributed by atoms with Crippen LogP contribution in [0.25, 0.3) is 11.3 Å². The van der Waals surface area contributed by atoms with Crippen LogP contribution in [-0.2, 0) is 17.8 Å². The van der Waals surface area contributed by atoms with Crippen molar-refractivity contribution < 1.29 is 23.1 Å². The van der Waals surface area contributed by atoms with Gasteiger partial charge in [-0.05, 0) is 36.2 Å². The van der Waals surface area contributed by atoms with Crippen molar-refractivity contribution in [2.24, 2.45) is 0 Å². The molecule has 6 nitrogen and oxygen atoms in total. The molecule has 3 aromatic rings. The Bertz CT molecular complexity index is 937. The second kappa shape index (κ2) is 8.00. The number of aromatic nitrogens is 3. The van der Waals surface area contributed by atoms with E-state index < -0.39 is 23.4 Å². The molecular formula is C18H15F3N4O2. The zero-order chi connectivity index (χ0) is 19.4. The van der Waals surface area contributed by atoms with Gasteiger partial charge in [-0.2, -0.15) is 5.10 Å². The van der Waals surface area contributed by atoms with Crippen LogP contribution in [0.15, 0.2) is 36.7 Å². The minimum atomic E-state index is -1.55. The Balaban J connectivity index is 1.69. The number of aliphatic hydroxyl groups excluding tert-OH is 1. The molecule has 27 heavy (non-hydrogen) atoms. The number of hydrogen-bond donors (Lipinski definition) is 3. The quantitative estimate of drug-likeness (QED) is 0.577. The lowest BCUT2D eigenvalue weighted by atomic mass is 10.1. The number of benzene rings is 1. The van der Waals surface area contributed by atoms with E-state index in [-0.39, 0.29) is 30.8 Å². The van der Waals surface area contributed by atoms with Crippen LogP contribution in [0.5, 0.6) is 0 Å². The largest absolute Gasteiger partial charge is 0.391 e. The Labute approximate surface area is 152 Å². The van der Waals surface area contributed by atoms with Crippen LogP contribution in [-0.4, -0.2) is 26.2 Å². The van der Waals surface area contributed by atoms with E-state index in [0.29, 0.717) is 11.3 Å². The number of H-pyrrole nitrogens is 1. The summed E-state index contributed by atoms with van der Waals surface area (Å²) in [5.41, 5.74) is 1.83. The normalized spacial score (nSPS) is 10.8. The predicted molar refractivity (Wildman–Crippen MR) is 91.0 cm³/mol. The standard InChI is InChI=1S/C18H15F3N4O2/c19-13-7-10(8-14(20)16(13)21)1-2-15(27)23-18-12(9-26)17(24-25-18)11-3-5-22-6-4-11/h3-8,26H,1-2,9H2,(H2,23,24,25,27). The second-order valence-corrected chi connectivity index (χ2v) is 5.74. The van der Waals surface area contributed by atoms with E-state index in [1.165, 1.54) is 0 Å². The summed E-state index contributed by atoms with van der Waals surface area (Å²) in [6.07, 6.45) is 3.07. The summed E-state index contributed by atoms with van der Waals surface area (Å²) in [5.74, 6) is -4.46. The molecule has 1 aromatic carbocycles. The zero-order valence-corrected chi connectivity index (χ0v) is 14.0. The van der Waals surface area contributed by atoms with E-state index in [1.54, 1.807) is 24.5 Å².